The van der Waals surface area contributed by atoms with Gasteiger partial charge in [-0.05, 0) is 36.6 Å². The van der Waals surface area contributed by atoms with Crippen molar-refractivity contribution in [2.75, 3.05) is 0 Å². The molecule has 1 aromatic rings. The summed E-state index contributed by atoms with van der Waals surface area (Å²) in [5.74, 6) is -3.11. The Morgan fingerprint density at radius 1 is 1.38 bits per heavy atom. The van der Waals surface area contributed by atoms with E-state index in [4.69, 9.17) is 5.11 Å². The van der Waals surface area contributed by atoms with Crippen molar-refractivity contribution in [2.24, 2.45) is 0 Å². The first-order valence-electron chi connectivity index (χ1n) is 4.79. The number of aryl methyl sites for hydroxylation is 1. The molecule has 1 unspecified atom stereocenters. The fourth-order valence-electron chi connectivity index (χ4n) is 1.45. The van der Waals surface area contributed by atoms with Gasteiger partial charge in [-0.25, -0.2) is 8.78 Å². The normalized spacial score (nSPS) is 12.5. The van der Waals surface area contributed by atoms with Gasteiger partial charge in [-0.2, -0.15) is 0 Å². The number of benzene rings is 1. The van der Waals surface area contributed by atoms with E-state index in [1.165, 1.54) is 6.92 Å². The summed E-state index contributed by atoms with van der Waals surface area (Å²) in [6.07, 6.45) is -1.09. The number of aliphatic hydroxyl groups is 1. The van der Waals surface area contributed by atoms with Crippen LogP contribution in [-0.2, 0) is 11.2 Å². The Labute approximate surface area is 91.3 Å². The van der Waals surface area contributed by atoms with E-state index in [0.29, 0.717) is 5.56 Å². The van der Waals surface area contributed by atoms with Crippen molar-refractivity contribution in [1.29, 1.82) is 0 Å². The summed E-state index contributed by atoms with van der Waals surface area (Å²) >= 11 is 0. The first-order valence-corrected chi connectivity index (χ1v) is 4.79. The third kappa shape index (κ3) is 3.00. The molecule has 1 atom stereocenters. The van der Waals surface area contributed by atoms with Gasteiger partial charge >= 0.3 is 5.97 Å². The molecule has 1 aromatic carbocycles. The molecule has 0 bridgehead atoms. The second-order valence-corrected chi connectivity index (χ2v) is 3.53. The molecular formula is C11H12F2O3. The highest BCUT2D eigenvalue weighted by atomic mass is 19.2. The summed E-state index contributed by atoms with van der Waals surface area (Å²) in [6, 6.07) is 1.83. The maximum Gasteiger partial charge on any atom is 0.303 e. The van der Waals surface area contributed by atoms with Gasteiger partial charge < -0.3 is 10.2 Å². The topological polar surface area (TPSA) is 57.5 Å². The Morgan fingerprint density at radius 2 is 1.94 bits per heavy atom. The van der Waals surface area contributed by atoms with Crippen LogP contribution >= 0.6 is 0 Å². The van der Waals surface area contributed by atoms with Crippen LogP contribution in [0.15, 0.2) is 12.1 Å². The highest BCUT2D eigenvalue weighted by Gasteiger charge is 2.14. The van der Waals surface area contributed by atoms with E-state index in [9.17, 15) is 18.7 Å². The van der Waals surface area contributed by atoms with Gasteiger partial charge in [0.15, 0.2) is 11.6 Å². The SMILES string of the molecule is CC(O)c1cc(F)c(F)cc1CCC(=O)O. The molecule has 3 nitrogen and oxygen atoms in total. The van der Waals surface area contributed by atoms with Crippen LogP contribution in [0.5, 0.6) is 0 Å². The van der Waals surface area contributed by atoms with Crippen LogP contribution in [0.25, 0.3) is 0 Å². The lowest BCUT2D eigenvalue weighted by atomic mass is 9.99. The fraction of sp³-hybridized carbons (Fsp3) is 0.364. The van der Waals surface area contributed by atoms with Crippen LogP contribution in [0.1, 0.15) is 30.6 Å². The first-order chi connectivity index (χ1) is 7.41. The van der Waals surface area contributed by atoms with E-state index in [-0.39, 0.29) is 18.4 Å². The molecule has 0 amide bonds. The molecule has 2 N–H and O–H groups in total. The minimum absolute atomic E-state index is 0.0623. The Morgan fingerprint density at radius 3 is 2.44 bits per heavy atom. The molecule has 0 aliphatic carbocycles. The molecule has 88 valence electrons. The number of halogens is 2. The monoisotopic (exact) mass is 230 g/mol. The van der Waals surface area contributed by atoms with E-state index in [0.717, 1.165) is 12.1 Å². The Kier molecular flexibility index (Phi) is 3.95. The van der Waals surface area contributed by atoms with Crippen LogP contribution in [0.3, 0.4) is 0 Å². The predicted octanol–water partition coefficient (Wildman–Crippen LogP) is 2.04. The molecule has 0 heterocycles. The van der Waals surface area contributed by atoms with Crippen LogP contribution in [-0.4, -0.2) is 16.2 Å². The van der Waals surface area contributed by atoms with Gasteiger partial charge in [0.25, 0.3) is 0 Å². The number of rotatable bonds is 4. The lowest BCUT2D eigenvalue weighted by molar-refractivity contribution is -0.136. The van der Waals surface area contributed by atoms with Crippen molar-refractivity contribution in [3.8, 4) is 0 Å². The summed E-state index contributed by atoms with van der Waals surface area (Å²) in [4.78, 5) is 10.4. The van der Waals surface area contributed by atoms with E-state index in [2.05, 4.69) is 0 Å². The highest BCUT2D eigenvalue weighted by molar-refractivity contribution is 5.67. The molecule has 0 fully saturated rings. The Balaban J connectivity index is 3.04. The van der Waals surface area contributed by atoms with Gasteiger partial charge in [0.1, 0.15) is 0 Å². The smallest absolute Gasteiger partial charge is 0.303 e. The third-order valence-electron chi connectivity index (χ3n) is 2.24. The van der Waals surface area contributed by atoms with Crippen LogP contribution in [0.4, 0.5) is 8.78 Å². The minimum Gasteiger partial charge on any atom is -0.481 e. The lowest BCUT2D eigenvalue weighted by Crippen LogP contribution is -2.05. The number of hydrogen-bond acceptors (Lipinski definition) is 2. The quantitative estimate of drug-likeness (QED) is 0.832. The lowest BCUT2D eigenvalue weighted by Gasteiger charge is -2.11. The molecule has 0 saturated heterocycles. The molecule has 5 heteroatoms. The van der Waals surface area contributed by atoms with Crippen molar-refractivity contribution >= 4 is 5.97 Å². The van der Waals surface area contributed by atoms with Crippen molar-refractivity contribution in [2.45, 2.75) is 25.9 Å². The van der Waals surface area contributed by atoms with E-state index >= 15 is 0 Å². The van der Waals surface area contributed by atoms with E-state index in [1.54, 1.807) is 0 Å². The van der Waals surface area contributed by atoms with Gasteiger partial charge in [0, 0.05) is 6.42 Å². The minimum atomic E-state index is -1.05. The van der Waals surface area contributed by atoms with Gasteiger partial charge in [0.2, 0.25) is 0 Å². The zero-order chi connectivity index (χ0) is 12.3. The zero-order valence-electron chi connectivity index (χ0n) is 8.70. The average Bonchev–Trinajstić information content (AvgIpc) is 2.18. The molecule has 0 aromatic heterocycles. The number of carbonyl (C=O) groups is 1. The summed E-state index contributed by atoms with van der Waals surface area (Å²) < 4.78 is 25.9. The fourth-order valence-corrected chi connectivity index (χ4v) is 1.45. The van der Waals surface area contributed by atoms with Gasteiger partial charge in [-0.3, -0.25) is 4.79 Å². The Hall–Kier alpha value is -1.49. The summed E-state index contributed by atoms with van der Waals surface area (Å²) in [5, 5.41) is 17.8. The second kappa shape index (κ2) is 5.03. The molecule has 16 heavy (non-hydrogen) atoms. The molecule has 0 aliphatic heterocycles. The Bertz CT molecular complexity index is 402. The van der Waals surface area contributed by atoms with Crippen molar-refractivity contribution in [3.05, 3.63) is 34.9 Å². The largest absolute Gasteiger partial charge is 0.481 e. The van der Waals surface area contributed by atoms with E-state index in [1.807, 2.05) is 0 Å². The first kappa shape index (κ1) is 12.6. The molecule has 1 rings (SSSR count). The van der Waals surface area contributed by atoms with E-state index < -0.39 is 23.7 Å². The third-order valence-corrected chi connectivity index (χ3v) is 2.24. The number of carboxylic acids is 1. The van der Waals surface area contributed by atoms with Gasteiger partial charge in [0.05, 0.1) is 6.10 Å². The van der Waals surface area contributed by atoms with Crippen molar-refractivity contribution < 1.29 is 23.8 Å². The molecule has 0 spiro atoms. The number of aliphatic carboxylic acids is 1. The average molecular weight is 230 g/mol. The highest BCUT2D eigenvalue weighted by Crippen LogP contribution is 2.22. The van der Waals surface area contributed by atoms with Crippen LogP contribution in [0.2, 0.25) is 0 Å². The van der Waals surface area contributed by atoms with Gasteiger partial charge in [-0.15, -0.1) is 0 Å². The molecule has 0 saturated carbocycles. The molecule has 0 aliphatic rings. The standard InChI is InChI=1S/C11H12F2O3/c1-6(14)8-5-10(13)9(12)4-7(8)2-3-11(15)16/h4-6,14H,2-3H2,1H3,(H,15,16). The van der Waals surface area contributed by atoms with Crippen LogP contribution in [0, 0.1) is 11.6 Å². The van der Waals surface area contributed by atoms with Gasteiger partial charge in [-0.1, -0.05) is 0 Å². The second-order valence-electron chi connectivity index (χ2n) is 3.53. The predicted molar refractivity (Wildman–Crippen MR) is 52.9 cm³/mol. The van der Waals surface area contributed by atoms with Crippen molar-refractivity contribution in [1.82, 2.24) is 0 Å². The number of carboxylic acid groups (broad SMARTS) is 1. The zero-order valence-corrected chi connectivity index (χ0v) is 8.70. The summed E-state index contributed by atoms with van der Waals surface area (Å²) in [7, 11) is 0. The number of hydrogen-bond donors (Lipinski definition) is 2. The molecule has 0 radical (unpaired) electrons. The van der Waals surface area contributed by atoms with Crippen LogP contribution < -0.4 is 0 Å². The summed E-state index contributed by atoms with van der Waals surface area (Å²) in [5.41, 5.74) is 0.538. The summed E-state index contributed by atoms with van der Waals surface area (Å²) in [6.45, 7) is 1.41. The molecular weight excluding hydrogens is 218 g/mol. The number of aliphatic hydroxyl groups excluding tert-OH is 1. The van der Waals surface area contributed by atoms with Crippen molar-refractivity contribution in [3.63, 3.8) is 0 Å². The maximum absolute atomic E-state index is 12.9. The maximum atomic E-state index is 12.9.